The van der Waals surface area contributed by atoms with E-state index in [2.05, 4.69) is 81.6 Å². The van der Waals surface area contributed by atoms with E-state index < -0.39 is 0 Å². The zero-order chi connectivity index (χ0) is 16.5. The van der Waals surface area contributed by atoms with E-state index in [1.165, 1.54) is 20.7 Å². The standard InChI is InChI=1S/C20H13BrClNS/c21-14-7-5-13(6-8-14)19-20(17-3-1-2-4-18(17)23-19)24-16-11-9-15(22)10-12-16/h1-12,23H. The van der Waals surface area contributed by atoms with Crippen molar-refractivity contribution in [3.63, 3.8) is 0 Å². The van der Waals surface area contributed by atoms with Gasteiger partial charge in [-0.15, -0.1) is 0 Å². The Kier molecular flexibility index (Phi) is 4.40. The molecule has 0 aliphatic carbocycles. The van der Waals surface area contributed by atoms with Gasteiger partial charge in [-0.2, -0.15) is 0 Å². The topological polar surface area (TPSA) is 15.8 Å². The lowest BCUT2D eigenvalue weighted by molar-refractivity contribution is 1.38. The molecule has 0 bridgehead atoms. The SMILES string of the molecule is Clc1ccc(Sc2c(-c3ccc(Br)cc3)[nH]c3ccccc23)cc1. The van der Waals surface area contributed by atoms with Crippen molar-refractivity contribution in [2.75, 3.05) is 0 Å². The Labute approximate surface area is 158 Å². The fourth-order valence-electron chi connectivity index (χ4n) is 2.66. The normalized spacial score (nSPS) is 11.1. The van der Waals surface area contributed by atoms with Crippen LogP contribution < -0.4 is 0 Å². The average Bonchev–Trinajstić information content (AvgIpc) is 2.96. The first-order valence-corrected chi connectivity index (χ1v) is 9.49. The van der Waals surface area contributed by atoms with Crippen LogP contribution in [-0.2, 0) is 0 Å². The number of halogens is 2. The van der Waals surface area contributed by atoms with Gasteiger partial charge in [-0.1, -0.05) is 69.6 Å². The number of rotatable bonds is 3. The van der Waals surface area contributed by atoms with E-state index in [4.69, 9.17) is 11.6 Å². The molecule has 0 radical (unpaired) electrons. The summed E-state index contributed by atoms with van der Waals surface area (Å²) in [6.07, 6.45) is 0. The third-order valence-electron chi connectivity index (χ3n) is 3.82. The molecule has 1 N–H and O–H groups in total. The number of aromatic amines is 1. The van der Waals surface area contributed by atoms with Crippen molar-refractivity contribution in [3.8, 4) is 11.3 Å². The highest BCUT2D eigenvalue weighted by atomic mass is 79.9. The lowest BCUT2D eigenvalue weighted by Gasteiger charge is -2.06. The van der Waals surface area contributed by atoms with Crippen molar-refractivity contribution in [3.05, 3.63) is 82.3 Å². The van der Waals surface area contributed by atoms with Crippen LogP contribution >= 0.6 is 39.3 Å². The zero-order valence-electron chi connectivity index (χ0n) is 12.6. The smallest absolute Gasteiger partial charge is 0.0606 e. The van der Waals surface area contributed by atoms with Crippen LogP contribution in [0.2, 0.25) is 5.02 Å². The van der Waals surface area contributed by atoms with Crippen molar-refractivity contribution in [2.45, 2.75) is 9.79 Å². The van der Waals surface area contributed by atoms with Crippen LogP contribution in [0, 0.1) is 0 Å². The average molecular weight is 415 g/mol. The molecule has 24 heavy (non-hydrogen) atoms. The second-order valence-electron chi connectivity index (χ2n) is 5.44. The minimum absolute atomic E-state index is 0.756. The molecular formula is C20H13BrClNS. The van der Waals surface area contributed by atoms with Gasteiger partial charge in [-0.3, -0.25) is 0 Å². The van der Waals surface area contributed by atoms with Gasteiger partial charge in [0.15, 0.2) is 0 Å². The Balaban J connectivity index is 1.86. The van der Waals surface area contributed by atoms with E-state index in [0.717, 1.165) is 20.7 Å². The first kappa shape index (κ1) is 15.8. The van der Waals surface area contributed by atoms with E-state index >= 15 is 0 Å². The molecule has 1 aromatic heterocycles. The number of para-hydroxylation sites is 1. The first-order valence-electron chi connectivity index (χ1n) is 7.51. The molecule has 0 atom stereocenters. The van der Waals surface area contributed by atoms with E-state index in [1.807, 2.05) is 12.1 Å². The number of H-pyrrole nitrogens is 1. The summed E-state index contributed by atoms with van der Waals surface area (Å²) in [5.74, 6) is 0. The van der Waals surface area contributed by atoms with Gasteiger partial charge in [0.25, 0.3) is 0 Å². The van der Waals surface area contributed by atoms with Crippen LogP contribution in [0.15, 0.2) is 87.1 Å². The summed E-state index contributed by atoms with van der Waals surface area (Å²) in [6.45, 7) is 0. The number of nitrogens with one attached hydrogen (secondary N) is 1. The molecule has 0 saturated heterocycles. The summed E-state index contributed by atoms with van der Waals surface area (Å²) >= 11 is 11.3. The van der Waals surface area contributed by atoms with Gasteiger partial charge in [-0.05, 0) is 48.0 Å². The van der Waals surface area contributed by atoms with Gasteiger partial charge in [0.1, 0.15) is 0 Å². The summed E-state index contributed by atoms with van der Waals surface area (Å²) in [4.78, 5) is 5.97. The highest BCUT2D eigenvalue weighted by Crippen LogP contribution is 2.41. The van der Waals surface area contributed by atoms with Crippen molar-refractivity contribution in [2.24, 2.45) is 0 Å². The Morgan fingerprint density at radius 2 is 1.54 bits per heavy atom. The van der Waals surface area contributed by atoms with E-state index in [1.54, 1.807) is 11.8 Å². The molecule has 4 aromatic rings. The molecule has 0 fully saturated rings. The summed E-state index contributed by atoms with van der Waals surface area (Å²) < 4.78 is 1.08. The first-order chi connectivity index (χ1) is 11.7. The summed E-state index contributed by atoms with van der Waals surface area (Å²) in [7, 11) is 0. The molecule has 4 rings (SSSR count). The maximum atomic E-state index is 6.01. The Morgan fingerprint density at radius 1 is 0.833 bits per heavy atom. The fraction of sp³-hybridized carbons (Fsp3) is 0. The highest BCUT2D eigenvalue weighted by Gasteiger charge is 2.14. The monoisotopic (exact) mass is 413 g/mol. The van der Waals surface area contributed by atoms with Gasteiger partial charge < -0.3 is 4.98 Å². The van der Waals surface area contributed by atoms with Gasteiger partial charge in [0.05, 0.1) is 5.69 Å². The Bertz CT molecular complexity index is 991. The van der Waals surface area contributed by atoms with Crippen LogP contribution in [0.5, 0.6) is 0 Å². The predicted molar refractivity (Wildman–Crippen MR) is 107 cm³/mol. The second-order valence-corrected chi connectivity index (χ2v) is 7.87. The third kappa shape index (κ3) is 3.12. The maximum absolute atomic E-state index is 6.01. The van der Waals surface area contributed by atoms with Crippen LogP contribution in [0.3, 0.4) is 0 Å². The minimum Gasteiger partial charge on any atom is -0.354 e. The lowest BCUT2D eigenvalue weighted by atomic mass is 10.1. The molecular weight excluding hydrogens is 402 g/mol. The molecule has 3 aromatic carbocycles. The molecule has 0 unspecified atom stereocenters. The lowest BCUT2D eigenvalue weighted by Crippen LogP contribution is -1.81. The third-order valence-corrected chi connectivity index (χ3v) is 5.74. The zero-order valence-corrected chi connectivity index (χ0v) is 15.8. The molecule has 4 heteroatoms. The number of hydrogen-bond acceptors (Lipinski definition) is 1. The van der Waals surface area contributed by atoms with E-state index in [9.17, 15) is 0 Å². The predicted octanol–water partition coefficient (Wildman–Crippen LogP) is 7.40. The van der Waals surface area contributed by atoms with Gasteiger partial charge >= 0.3 is 0 Å². The fourth-order valence-corrected chi connectivity index (χ4v) is 4.12. The second kappa shape index (κ2) is 6.67. The largest absolute Gasteiger partial charge is 0.354 e. The molecule has 0 spiro atoms. The number of benzene rings is 3. The maximum Gasteiger partial charge on any atom is 0.0606 e. The number of aromatic nitrogens is 1. The van der Waals surface area contributed by atoms with E-state index in [0.29, 0.717) is 0 Å². The molecule has 1 heterocycles. The van der Waals surface area contributed by atoms with Crippen LogP contribution in [0.25, 0.3) is 22.2 Å². The van der Waals surface area contributed by atoms with Crippen molar-refractivity contribution in [1.29, 1.82) is 0 Å². The van der Waals surface area contributed by atoms with Gasteiger partial charge in [0.2, 0.25) is 0 Å². The number of fused-ring (bicyclic) bond motifs is 1. The van der Waals surface area contributed by atoms with Crippen LogP contribution in [-0.4, -0.2) is 4.98 Å². The van der Waals surface area contributed by atoms with E-state index in [-0.39, 0.29) is 0 Å². The number of hydrogen-bond donors (Lipinski definition) is 1. The van der Waals surface area contributed by atoms with Crippen LogP contribution in [0.4, 0.5) is 0 Å². The molecule has 0 saturated carbocycles. The highest BCUT2D eigenvalue weighted by molar-refractivity contribution is 9.10. The molecule has 118 valence electrons. The van der Waals surface area contributed by atoms with Crippen molar-refractivity contribution >= 4 is 50.2 Å². The molecule has 0 amide bonds. The Morgan fingerprint density at radius 3 is 2.29 bits per heavy atom. The minimum atomic E-state index is 0.756. The molecule has 0 aliphatic rings. The summed E-state index contributed by atoms with van der Waals surface area (Å²) in [5, 5.41) is 1.99. The van der Waals surface area contributed by atoms with Gasteiger partial charge in [-0.25, -0.2) is 0 Å². The molecule has 0 aliphatic heterocycles. The Hall–Kier alpha value is -1.68. The van der Waals surface area contributed by atoms with Gasteiger partial charge in [0, 0.05) is 30.2 Å². The quantitative estimate of drug-likeness (QED) is 0.369. The van der Waals surface area contributed by atoms with Crippen LogP contribution in [0.1, 0.15) is 0 Å². The van der Waals surface area contributed by atoms with Crippen molar-refractivity contribution in [1.82, 2.24) is 4.98 Å². The summed E-state index contributed by atoms with van der Waals surface area (Å²) in [5.41, 5.74) is 3.46. The molecule has 1 nitrogen and oxygen atoms in total. The summed E-state index contributed by atoms with van der Waals surface area (Å²) in [6, 6.07) is 24.8. The van der Waals surface area contributed by atoms with Crippen molar-refractivity contribution < 1.29 is 0 Å².